The molecule has 0 bridgehead atoms. The Bertz CT molecular complexity index is 390. The van der Waals surface area contributed by atoms with E-state index in [1.807, 2.05) is 0 Å². The van der Waals surface area contributed by atoms with Crippen molar-refractivity contribution in [2.24, 2.45) is 11.7 Å². The molecule has 94 valence electrons. The second-order valence-corrected chi connectivity index (χ2v) is 5.48. The Morgan fingerprint density at radius 1 is 1.29 bits per heavy atom. The Morgan fingerprint density at radius 2 is 2.18 bits per heavy atom. The maximum Gasteiger partial charge on any atom is 0.147 e. The zero-order chi connectivity index (χ0) is 11.8. The summed E-state index contributed by atoms with van der Waals surface area (Å²) in [7, 11) is 0. The Hall–Kier alpha value is -0.940. The molecule has 2 aliphatic rings. The molecule has 0 amide bonds. The van der Waals surface area contributed by atoms with Crippen molar-refractivity contribution >= 4 is 0 Å². The van der Waals surface area contributed by atoms with Crippen LogP contribution in [0.4, 0.5) is 0 Å². The number of aromatic nitrogens is 3. The van der Waals surface area contributed by atoms with Crippen molar-refractivity contribution < 1.29 is 0 Å². The molecule has 1 saturated heterocycles. The van der Waals surface area contributed by atoms with Gasteiger partial charge in [0.05, 0.1) is 6.54 Å². The third-order valence-corrected chi connectivity index (χ3v) is 4.05. The molecule has 0 saturated carbocycles. The van der Waals surface area contributed by atoms with E-state index < -0.39 is 0 Å². The van der Waals surface area contributed by atoms with Crippen LogP contribution in [0.5, 0.6) is 0 Å². The van der Waals surface area contributed by atoms with Crippen LogP contribution in [0.3, 0.4) is 0 Å². The Labute approximate surface area is 102 Å². The van der Waals surface area contributed by atoms with E-state index in [9.17, 15) is 0 Å². The second kappa shape index (κ2) is 4.38. The molecular formula is C12H21N5. The predicted octanol–water partition coefficient (Wildman–Crippen LogP) is 0.393. The smallest absolute Gasteiger partial charge is 0.147 e. The molecule has 5 nitrogen and oxygen atoms in total. The standard InChI is InChI=1S/C12H21N5/c1-9-6-16(7-10(9)13)8-12-15-14-11-4-2-3-5-17(11)12/h9-10H,2-8,13H2,1H3. The molecule has 2 aliphatic heterocycles. The number of hydrogen-bond acceptors (Lipinski definition) is 4. The van der Waals surface area contributed by atoms with Gasteiger partial charge in [0.25, 0.3) is 0 Å². The molecule has 17 heavy (non-hydrogen) atoms. The average molecular weight is 235 g/mol. The Morgan fingerprint density at radius 3 is 2.94 bits per heavy atom. The van der Waals surface area contributed by atoms with Crippen LogP contribution in [-0.4, -0.2) is 38.8 Å². The minimum Gasteiger partial charge on any atom is -0.326 e. The highest BCUT2D eigenvalue weighted by molar-refractivity contribution is 5.00. The zero-order valence-electron chi connectivity index (χ0n) is 10.5. The van der Waals surface area contributed by atoms with E-state index in [0.29, 0.717) is 12.0 Å². The fraction of sp³-hybridized carbons (Fsp3) is 0.833. The van der Waals surface area contributed by atoms with E-state index in [1.54, 1.807) is 0 Å². The van der Waals surface area contributed by atoms with Crippen molar-refractivity contribution in [3.63, 3.8) is 0 Å². The van der Waals surface area contributed by atoms with Gasteiger partial charge in [-0.15, -0.1) is 10.2 Å². The first-order valence-corrected chi connectivity index (χ1v) is 6.63. The van der Waals surface area contributed by atoms with E-state index >= 15 is 0 Å². The van der Waals surface area contributed by atoms with Crippen LogP contribution in [0.2, 0.25) is 0 Å². The third kappa shape index (κ3) is 2.09. The van der Waals surface area contributed by atoms with Crippen LogP contribution in [0.1, 0.15) is 31.4 Å². The summed E-state index contributed by atoms with van der Waals surface area (Å²) < 4.78 is 2.30. The minimum atomic E-state index is 0.318. The number of likely N-dealkylation sites (tertiary alicyclic amines) is 1. The van der Waals surface area contributed by atoms with E-state index in [0.717, 1.165) is 38.4 Å². The van der Waals surface area contributed by atoms with Crippen molar-refractivity contribution in [2.45, 2.75) is 45.3 Å². The van der Waals surface area contributed by atoms with Crippen LogP contribution in [0.15, 0.2) is 0 Å². The van der Waals surface area contributed by atoms with Gasteiger partial charge in [-0.25, -0.2) is 0 Å². The van der Waals surface area contributed by atoms with Crippen LogP contribution < -0.4 is 5.73 Å². The summed E-state index contributed by atoms with van der Waals surface area (Å²) in [5, 5.41) is 8.63. The molecule has 5 heteroatoms. The Kier molecular flexibility index (Phi) is 2.88. The van der Waals surface area contributed by atoms with Crippen molar-refractivity contribution in [3.05, 3.63) is 11.6 Å². The van der Waals surface area contributed by atoms with Crippen molar-refractivity contribution in [3.8, 4) is 0 Å². The molecule has 2 atom stereocenters. The van der Waals surface area contributed by atoms with E-state index in [1.165, 1.54) is 18.7 Å². The number of fused-ring (bicyclic) bond motifs is 1. The first-order valence-electron chi connectivity index (χ1n) is 6.63. The highest BCUT2D eigenvalue weighted by Crippen LogP contribution is 2.19. The van der Waals surface area contributed by atoms with Gasteiger partial charge in [-0.2, -0.15) is 0 Å². The summed E-state index contributed by atoms with van der Waals surface area (Å²) in [6.45, 7) is 6.30. The SMILES string of the molecule is CC1CN(Cc2nnc3n2CCCC3)CC1N. The monoisotopic (exact) mass is 235 g/mol. The van der Waals surface area contributed by atoms with Gasteiger partial charge in [0.2, 0.25) is 0 Å². The molecular weight excluding hydrogens is 214 g/mol. The van der Waals surface area contributed by atoms with Crippen molar-refractivity contribution in [1.29, 1.82) is 0 Å². The van der Waals surface area contributed by atoms with Crippen LogP contribution >= 0.6 is 0 Å². The lowest BCUT2D eigenvalue weighted by Gasteiger charge is -2.18. The molecule has 2 N–H and O–H groups in total. The van der Waals surface area contributed by atoms with E-state index in [4.69, 9.17) is 5.73 Å². The van der Waals surface area contributed by atoms with Gasteiger partial charge in [-0.05, 0) is 18.8 Å². The number of rotatable bonds is 2. The molecule has 1 fully saturated rings. The van der Waals surface area contributed by atoms with Gasteiger partial charge in [0.1, 0.15) is 11.6 Å². The normalized spacial score (nSPS) is 29.5. The maximum absolute atomic E-state index is 6.05. The lowest BCUT2D eigenvalue weighted by atomic mass is 10.1. The number of nitrogens with two attached hydrogens (primary N) is 1. The fourth-order valence-corrected chi connectivity index (χ4v) is 2.91. The van der Waals surface area contributed by atoms with E-state index in [2.05, 4.69) is 26.6 Å². The second-order valence-electron chi connectivity index (χ2n) is 5.48. The molecule has 2 unspecified atom stereocenters. The molecule has 0 radical (unpaired) electrons. The minimum absolute atomic E-state index is 0.318. The molecule has 0 aliphatic carbocycles. The highest BCUT2D eigenvalue weighted by Gasteiger charge is 2.28. The summed E-state index contributed by atoms with van der Waals surface area (Å²) in [5.74, 6) is 2.89. The summed E-state index contributed by atoms with van der Waals surface area (Å²) in [6, 6.07) is 0.318. The average Bonchev–Trinajstić information content (AvgIpc) is 2.85. The molecule has 1 aromatic rings. The lowest BCUT2D eigenvalue weighted by Crippen LogP contribution is -2.29. The fourth-order valence-electron chi connectivity index (χ4n) is 2.91. The molecule has 0 spiro atoms. The quantitative estimate of drug-likeness (QED) is 0.806. The number of hydrogen-bond donors (Lipinski definition) is 1. The third-order valence-electron chi connectivity index (χ3n) is 4.05. The molecule has 3 heterocycles. The molecule has 1 aromatic heterocycles. The predicted molar refractivity (Wildman–Crippen MR) is 65.4 cm³/mol. The van der Waals surface area contributed by atoms with Crippen LogP contribution in [0, 0.1) is 5.92 Å². The summed E-state index contributed by atoms with van der Waals surface area (Å²) in [4.78, 5) is 2.40. The summed E-state index contributed by atoms with van der Waals surface area (Å²) >= 11 is 0. The van der Waals surface area contributed by atoms with Crippen LogP contribution in [0.25, 0.3) is 0 Å². The largest absolute Gasteiger partial charge is 0.326 e. The summed E-state index contributed by atoms with van der Waals surface area (Å²) in [5.41, 5.74) is 6.05. The first-order chi connectivity index (χ1) is 8.24. The number of aryl methyl sites for hydroxylation is 1. The van der Waals surface area contributed by atoms with Gasteiger partial charge in [-0.1, -0.05) is 6.92 Å². The maximum atomic E-state index is 6.05. The first kappa shape index (κ1) is 11.2. The van der Waals surface area contributed by atoms with Gasteiger partial charge in [0, 0.05) is 32.1 Å². The van der Waals surface area contributed by atoms with Gasteiger partial charge >= 0.3 is 0 Å². The van der Waals surface area contributed by atoms with Crippen molar-refractivity contribution in [1.82, 2.24) is 19.7 Å². The Balaban J connectivity index is 1.71. The summed E-state index contributed by atoms with van der Waals surface area (Å²) in [6.07, 6.45) is 3.60. The van der Waals surface area contributed by atoms with Gasteiger partial charge in [0.15, 0.2) is 0 Å². The highest BCUT2D eigenvalue weighted by atomic mass is 15.3. The zero-order valence-corrected chi connectivity index (χ0v) is 10.5. The van der Waals surface area contributed by atoms with Crippen molar-refractivity contribution in [2.75, 3.05) is 13.1 Å². The number of nitrogens with zero attached hydrogens (tertiary/aromatic N) is 4. The lowest BCUT2D eigenvalue weighted by molar-refractivity contribution is 0.302. The molecule has 0 aromatic carbocycles. The molecule has 3 rings (SSSR count). The van der Waals surface area contributed by atoms with E-state index in [-0.39, 0.29) is 0 Å². The van der Waals surface area contributed by atoms with Gasteiger partial charge < -0.3 is 10.3 Å². The van der Waals surface area contributed by atoms with Crippen LogP contribution in [-0.2, 0) is 19.5 Å². The van der Waals surface area contributed by atoms with Gasteiger partial charge in [-0.3, -0.25) is 4.90 Å². The topological polar surface area (TPSA) is 60.0 Å².